The van der Waals surface area contributed by atoms with Gasteiger partial charge in [-0.3, -0.25) is 4.79 Å². The standard InChI is InChI=1S/C16H21NO3/c17-15(12-8-13-6-7-14(9-12)20-13)16(18)19-10-11-4-2-1-3-5-11/h1-5,12-15H,6-10,17H2. The summed E-state index contributed by atoms with van der Waals surface area (Å²) in [7, 11) is 0. The van der Waals surface area contributed by atoms with Gasteiger partial charge in [0.15, 0.2) is 0 Å². The summed E-state index contributed by atoms with van der Waals surface area (Å²) in [6.07, 6.45) is 4.58. The molecule has 1 aromatic rings. The molecule has 2 aliphatic heterocycles. The van der Waals surface area contributed by atoms with E-state index in [0.717, 1.165) is 31.2 Å². The van der Waals surface area contributed by atoms with Gasteiger partial charge in [0.1, 0.15) is 12.6 Å². The van der Waals surface area contributed by atoms with Crippen molar-refractivity contribution in [2.75, 3.05) is 0 Å². The average Bonchev–Trinajstić information content (AvgIpc) is 2.83. The zero-order chi connectivity index (χ0) is 13.9. The fraction of sp³-hybridized carbons (Fsp3) is 0.562. The van der Waals surface area contributed by atoms with Gasteiger partial charge in [-0.2, -0.15) is 0 Å². The van der Waals surface area contributed by atoms with Crippen LogP contribution in [-0.4, -0.2) is 24.2 Å². The second-order valence-electron chi connectivity index (χ2n) is 5.81. The minimum absolute atomic E-state index is 0.199. The number of carbonyl (C=O) groups excluding carboxylic acids is 1. The molecule has 2 saturated heterocycles. The SMILES string of the molecule is NC(C(=O)OCc1ccccc1)C1CC2CCC(C1)O2. The van der Waals surface area contributed by atoms with Crippen LogP contribution in [0.3, 0.4) is 0 Å². The molecular weight excluding hydrogens is 254 g/mol. The number of benzene rings is 1. The van der Waals surface area contributed by atoms with Gasteiger partial charge in [0.05, 0.1) is 12.2 Å². The predicted molar refractivity (Wildman–Crippen MR) is 74.8 cm³/mol. The van der Waals surface area contributed by atoms with Crippen LogP contribution in [0.1, 0.15) is 31.2 Å². The average molecular weight is 275 g/mol. The first-order valence-electron chi connectivity index (χ1n) is 7.34. The number of carbonyl (C=O) groups is 1. The molecule has 0 aromatic heterocycles. The Bertz CT molecular complexity index is 450. The highest BCUT2D eigenvalue weighted by atomic mass is 16.5. The van der Waals surface area contributed by atoms with Gasteiger partial charge in [-0.15, -0.1) is 0 Å². The highest BCUT2D eigenvalue weighted by Crippen LogP contribution is 2.37. The van der Waals surface area contributed by atoms with E-state index in [1.165, 1.54) is 0 Å². The lowest BCUT2D eigenvalue weighted by Crippen LogP contribution is -2.43. The van der Waals surface area contributed by atoms with Crippen LogP contribution in [0.4, 0.5) is 0 Å². The first-order chi connectivity index (χ1) is 9.72. The fourth-order valence-electron chi connectivity index (χ4n) is 3.21. The van der Waals surface area contributed by atoms with E-state index in [1.54, 1.807) is 0 Å². The van der Waals surface area contributed by atoms with Crippen molar-refractivity contribution in [1.29, 1.82) is 0 Å². The number of esters is 1. The molecule has 3 atom stereocenters. The van der Waals surface area contributed by atoms with E-state index in [9.17, 15) is 4.79 Å². The van der Waals surface area contributed by atoms with Crippen LogP contribution in [-0.2, 0) is 20.9 Å². The summed E-state index contributed by atoms with van der Waals surface area (Å²) in [5.74, 6) is -0.0929. The highest BCUT2D eigenvalue weighted by molar-refractivity contribution is 5.75. The molecule has 0 saturated carbocycles. The minimum atomic E-state index is -0.522. The van der Waals surface area contributed by atoms with Gasteiger partial charge >= 0.3 is 5.97 Å². The van der Waals surface area contributed by atoms with Crippen molar-refractivity contribution in [2.24, 2.45) is 11.7 Å². The molecule has 3 rings (SSSR count). The molecule has 2 aliphatic rings. The van der Waals surface area contributed by atoms with Gasteiger partial charge in [-0.25, -0.2) is 0 Å². The van der Waals surface area contributed by atoms with Gasteiger partial charge in [-0.1, -0.05) is 30.3 Å². The number of ether oxygens (including phenoxy) is 2. The zero-order valence-corrected chi connectivity index (χ0v) is 11.5. The van der Waals surface area contributed by atoms with E-state index in [-0.39, 0.29) is 11.9 Å². The van der Waals surface area contributed by atoms with Crippen molar-refractivity contribution in [1.82, 2.24) is 0 Å². The van der Waals surface area contributed by atoms with Crippen molar-refractivity contribution in [2.45, 2.75) is 50.5 Å². The molecule has 0 aliphatic carbocycles. The van der Waals surface area contributed by atoms with Crippen molar-refractivity contribution in [3.63, 3.8) is 0 Å². The van der Waals surface area contributed by atoms with E-state index < -0.39 is 6.04 Å². The van der Waals surface area contributed by atoms with E-state index in [0.29, 0.717) is 18.8 Å². The molecule has 1 aromatic carbocycles. The molecule has 2 fully saturated rings. The first-order valence-corrected chi connectivity index (χ1v) is 7.34. The molecule has 108 valence electrons. The van der Waals surface area contributed by atoms with Gasteiger partial charge < -0.3 is 15.2 Å². The Morgan fingerprint density at radius 2 is 1.90 bits per heavy atom. The van der Waals surface area contributed by atoms with Crippen LogP contribution in [0.5, 0.6) is 0 Å². The van der Waals surface area contributed by atoms with Crippen LogP contribution < -0.4 is 5.73 Å². The number of fused-ring (bicyclic) bond motifs is 2. The Balaban J connectivity index is 1.52. The molecule has 2 bridgehead atoms. The Labute approximate surface area is 119 Å². The summed E-state index contributed by atoms with van der Waals surface area (Å²) in [5.41, 5.74) is 7.06. The van der Waals surface area contributed by atoms with Crippen LogP contribution >= 0.6 is 0 Å². The molecule has 3 unspecified atom stereocenters. The Kier molecular flexibility index (Phi) is 4.03. The third-order valence-corrected chi connectivity index (χ3v) is 4.33. The second kappa shape index (κ2) is 5.94. The van der Waals surface area contributed by atoms with Crippen LogP contribution in [0, 0.1) is 5.92 Å². The molecular formula is C16H21NO3. The Morgan fingerprint density at radius 3 is 2.55 bits per heavy atom. The van der Waals surface area contributed by atoms with Crippen molar-refractivity contribution in [3.05, 3.63) is 35.9 Å². The molecule has 4 nitrogen and oxygen atoms in total. The first kappa shape index (κ1) is 13.6. The summed E-state index contributed by atoms with van der Waals surface area (Å²) in [5, 5.41) is 0. The Hall–Kier alpha value is -1.39. The Morgan fingerprint density at radius 1 is 1.25 bits per heavy atom. The number of rotatable bonds is 4. The summed E-state index contributed by atoms with van der Waals surface area (Å²) in [4.78, 5) is 12.1. The van der Waals surface area contributed by atoms with E-state index in [2.05, 4.69) is 0 Å². The third kappa shape index (κ3) is 3.02. The quantitative estimate of drug-likeness (QED) is 0.854. The lowest BCUT2D eigenvalue weighted by Gasteiger charge is -2.31. The van der Waals surface area contributed by atoms with Gasteiger partial charge in [0.2, 0.25) is 0 Å². The summed E-state index contributed by atoms with van der Waals surface area (Å²) >= 11 is 0. The smallest absolute Gasteiger partial charge is 0.323 e. The molecule has 2 heterocycles. The maximum Gasteiger partial charge on any atom is 0.323 e. The van der Waals surface area contributed by atoms with Gasteiger partial charge in [-0.05, 0) is 37.2 Å². The lowest BCUT2D eigenvalue weighted by atomic mass is 9.89. The molecule has 2 N–H and O–H groups in total. The lowest BCUT2D eigenvalue weighted by molar-refractivity contribution is -0.149. The monoisotopic (exact) mass is 275 g/mol. The van der Waals surface area contributed by atoms with Crippen LogP contribution in [0.2, 0.25) is 0 Å². The summed E-state index contributed by atoms with van der Waals surface area (Å²) < 4.78 is 11.1. The zero-order valence-electron chi connectivity index (χ0n) is 11.5. The summed E-state index contributed by atoms with van der Waals surface area (Å²) in [6.45, 7) is 0.295. The number of hydrogen-bond acceptors (Lipinski definition) is 4. The van der Waals surface area contributed by atoms with Gasteiger partial charge in [0, 0.05) is 0 Å². The van der Waals surface area contributed by atoms with E-state index in [4.69, 9.17) is 15.2 Å². The van der Waals surface area contributed by atoms with Crippen molar-refractivity contribution < 1.29 is 14.3 Å². The summed E-state index contributed by atoms with van der Waals surface area (Å²) in [6, 6.07) is 9.15. The number of nitrogens with two attached hydrogens (primary N) is 1. The molecule has 0 amide bonds. The van der Waals surface area contributed by atoms with Crippen LogP contribution in [0.15, 0.2) is 30.3 Å². The molecule has 4 heteroatoms. The third-order valence-electron chi connectivity index (χ3n) is 4.33. The molecule has 0 radical (unpaired) electrons. The van der Waals surface area contributed by atoms with Gasteiger partial charge in [0.25, 0.3) is 0 Å². The number of hydrogen-bond donors (Lipinski definition) is 1. The fourth-order valence-corrected chi connectivity index (χ4v) is 3.21. The molecule has 0 spiro atoms. The van der Waals surface area contributed by atoms with Crippen LogP contribution in [0.25, 0.3) is 0 Å². The normalized spacial score (nSPS) is 29.9. The maximum absolute atomic E-state index is 12.1. The largest absolute Gasteiger partial charge is 0.460 e. The maximum atomic E-state index is 12.1. The predicted octanol–water partition coefficient (Wildman–Crippen LogP) is 2.01. The topological polar surface area (TPSA) is 61.6 Å². The highest BCUT2D eigenvalue weighted by Gasteiger charge is 2.39. The van der Waals surface area contributed by atoms with E-state index >= 15 is 0 Å². The second-order valence-corrected chi connectivity index (χ2v) is 5.81. The van der Waals surface area contributed by atoms with Crippen molar-refractivity contribution in [3.8, 4) is 0 Å². The van der Waals surface area contributed by atoms with Crippen molar-refractivity contribution >= 4 is 5.97 Å². The molecule has 20 heavy (non-hydrogen) atoms. The van der Waals surface area contributed by atoms with E-state index in [1.807, 2.05) is 30.3 Å². The minimum Gasteiger partial charge on any atom is -0.460 e.